The normalized spacial score (nSPS) is 15.8. The van der Waals surface area contributed by atoms with E-state index >= 15 is 0 Å². The van der Waals surface area contributed by atoms with Gasteiger partial charge in [0.15, 0.2) is 0 Å². The number of nitrogens with one attached hydrogen (secondary N) is 1. The molecule has 2 rings (SSSR count). The number of amides is 1. The van der Waals surface area contributed by atoms with Crippen LogP contribution in [0.5, 0.6) is 5.75 Å². The summed E-state index contributed by atoms with van der Waals surface area (Å²) in [6, 6.07) is 3.89. The summed E-state index contributed by atoms with van der Waals surface area (Å²) in [6.07, 6.45) is 2.03. The Morgan fingerprint density at radius 1 is 1.45 bits per heavy atom. The first-order chi connectivity index (χ1) is 9.58. The average Bonchev–Trinajstić information content (AvgIpc) is 2.45. The summed E-state index contributed by atoms with van der Waals surface area (Å²) in [7, 11) is 0. The maximum atomic E-state index is 11.4. The lowest BCUT2D eigenvalue weighted by molar-refractivity contribution is -0.384. The quantitative estimate of drug-likeness (QED) is 0.619. The van der Waals surface area contributed by atoms with Crippen LogP contribution in [0.25, 0.3) is 0 Å². The minimum Gasteiger partial charge on any atom is -0.492 e. The Morgan fingerprint density at radius 2 is 2.15 bits per heavy atom. The summed E-state index contributed by atoms with van der Waals surface area (Å²) in [4.78, 5) is 21.5. The fraction of sp³-hybridized carbons (Fsp3) is 0.462. The molecule has 0 aromatic heterocycles. The summed E-state index contributed by atoms with van der Waals surface area (Å²) in [6.45, 7) is 2.40. The standard InChI is InChI=1S/C13H17N3O4/c14-13(17)11-7-10(16(18)19)1-2-12(11)20-8-9-3-5-15-6-4-9/h1-2,7,9,15H,3-6,8H2,(H2,14,17). The summed E-state index contributed by atoms with van der Waals surface area (Å²) >= 11 is 0. The monoisotopic (exact) mass is 279 g/mol. The van der Waals surface area contributed by atoms with Crippen molar-refractivity contribution in [2.75, 3.05) is 19.7 Å². The molecule has 7 heteroatoms. The van der Waals surface area contributed by atoms with Gasteiger partial charge in [-0.1, -0.05) is 0 Å². The Morgan fingerprint density at radius 3 is 2.75 bits per heavy atom. The first-order valence-corrected chi connectivity index (χ1v) is 6.49. The number of non-ortho nitro benzene ring substituents is 1. The van der Waals surface area contributed by atoms with Crippen molar-refractivity contribution < 1.29 is 14.5 Å². The van der Waals surface area contributed by atoms with Crippen molar-refractivity contribution in [3.63, 3.8) is 0 Å². The molecule has 1 heterocycles. The zero-order valence-electron chi connectivity index (χ0n) is 11.0. The number of nitro benzene ring substituents is 1. The number of hydrogen-bond acceptors (Lipinski definition) is 5. The van der Waals surface area contributed by atoms with Gasteiger partial charge in [-0.2, -0.15) is 0 Å². The van der Waals surface area contributed by atoms with E-state index in [0.29, 0.717) is 18.3 Å². The molecule has 20 heavy (non-hydrogen) atoms. The van der Waals surface area contributed by atoms with E-state index in [1.807, 2.05) is 0 Å². The van der Waals surface area contributed by atoms with Crippen LogP contribution in [-0.4, -0.2) is 30.5 Å². The Bertz CT molecular complexity index is 512. The van der Waals surface area contributed by atoms with Crippen molar-refractivity contribution in [1.82, 2.24) is 5.32 Å². The van der Waals surface area contributed by atoms with E-state index in [0.717, 1.165) is 32.0 Å². The van der Waals surface area contributed by atoms with E-state index in [1.165, 1.54) is 12.1 Å². The molecule has 1 aliphatic heterocycles. The highest BCUT2D eigenvalue weighted by molar-refractivity contribution is 5.96. The molecule has 1 fully saturated rings. The van der Waals surface area contributed by atoms with Gasteiger partial charge in [0, 0.05) is 12.1 Å². The van der Waals surface area contributed by atoms with Gasteiger partial charge in [0.2, 0.25) is 0 Å². The number of nitrogens with two attached hydrogens (primary N) is 1. The number of nitrogens with zero attached hydrogens (tertiary/aromatic N) is 1. The van der Waals surface area contributed by atoms with E-state index in [9.17, 15) is 14.9 Å². The number of primary amides is 1. The third kappa shape index (κ3) is 3.45. The summed E-state index contributed by atoms with van der Waals surface area (Å²) in [5.41, 5.74) is 5.12. The second kappa shape index (κ2) is 6.33. The van der Waals surface area contributed by atoms with Gasteiger partial charge < -0.3 is 15.8 Å². The molecule has 1 aromatic carbocycles. The first-order valence-electron chi connectivity index (χ1n) is 6.49. The van der Waals surface area contributed by atoms with Crippen molar-refractivity contribution >= 4 is 11.6 Å². The zero-order valence-corrected chi connectivity index (χ0v) is 11.0. The van der Waals surface area contributed by atoms with Crippen molar-refractivity contribution in [3.05, 3.63) is 33.9 Å². The van der Waals surface area contributed by atoms with E-state index in [1.54, 1.807) is 0 Å². The van der Waals surface area contributed by atoms with Gasteiger partial charge in [0.25, 0.3) is 11.6 Å². The van der Waals surface area contributed by atoms with Crippen molar-refractivity contribution in [2.45, 2.75) is 12.8 Å². The summed E-state index contributed by atoms with van der Waals surface area (Å²) in [5.74, 6) is 0.00260. The molecule has 0 aliphatic carbocycles. The number of carbonyl (C=O) groups excluding carboxylic acids is 1. The van der Waals surface area contributed by atoms with Crippen LogP contribution < -0.4 is 15.8 Å². The zero-order chi connectivity index (χ0) is 14.5. The number of benzene rings is 1. The summed E-state index contributed by atoms with van der Waals surface area (Å²) in [5, 5.41) is 14.0. The molecule has 7 nitrogen and oxygen atoms in total. The van der Waals surface area contributed by atoms with Gasteiger partial charge in [0.05, 0.1) is 17.1 Å². The van der Waals surface area contributed by atoms with Gasteiger partial charge >= 0.3 is 0 Å². The van der Waals surface area contributed by atoms with Crippen LogP contribution in [-0.2, 0) is 0 Å². The smallest absolute Gasteiger partial charge is 0.270 e. The van der Waals surface area contributed by atoms with Crippen LogP contribution in [0.4, 0.5) is 5.69 Å². The number of piperidine rings is 1. The Kier molecular flexibility index (Phi) is 4.52. The molecule has 3 N–H and O–H groups in total. The van der Waals surface area contributed by atoms with Crippen LogP contribution in [0.3, 0.4) is 0 Å². The maximum absolute atomic E-state index is 11.4. The van der Waals surface area contributed by atoms with E-state index in [-0.39, 0.29) is 11.3 Å². The average molecular weight is 279 g/mol. The molecule has 1 aliphatic rings. The second-order valence-corrected chi connectivity index (χ2v) is 4.81. The number of ether oxygens (including phenoxy) is 1. The molecular weight excluding hydrogens is 262 g/mol. The van der Waals surface area contributed by atoms with Crippen LogP contribution in [0.15, 0.2) is 18.2 Å². The maximum Gasteiger partial charge on any atom is 0.270 e. The molecule has 1 amide bonds. The van der Waals surface area contributed by atoms with Gasteiger partial charge in [-0.3, -0.25) is 14.9 Å². The fourth-order valence-corrected chi connectivity index (χ4v) is 2.21. The molecule has 0 saturated carbocycles. The predicted molar refractivity (Wildman–Crippen MR) is 72.7 cm³/mol. The van der Waals surface area contributed by atoms with E-state index in [4.69, 9.17) is 10.5 Å². The Balaban J connectivity index is 2.09. The van der Waals surface area contributed by atoms with Crippen molar-refractivity contribution in [3.8, 4) is 5.75 Å². The summed E-state index contributed by atoms with van der Waals surface area (Å²) < 4.78 is 5.62. The molecule has 0 radical (unpaired) electrons. The SMILES string of the molecule is NC(=O)c1cc([N+](=O)[O-])ccc1OCC1CCNCC1. The Labute approximate surface area is 116 Å². The van der Waals surface area contributed by atoms with Crippen LogP contribution in [0.1, 0.15) is 23.2 Å². The minimum absolute atomic E-state index is 0.0492. The third-order valence-electron chi connectivity index (χ3n) is 3.37. The van der Waals surface area contributed by atoms with Crippen LogP contribution in [0.2, 0.25) is 0 Å². The van der Waals surface area contributed by atoms with Crippen molar-refractivity contribution in [2.24, 2.45) is 11.7 Å². The highest BCUT2D eigenvalue weighted by Gasteiger charge is 2.18. The molecule has 0 bridgehead atoms. The minimum atomic E-state index is -0.728. The third-order valence-corrected chi connectivity index (χ3v) is 3.37. The predicted octanol–water partition coefficient (Wildman–Crippen LogP) is 1.07. The van der Waals surface area contributed by atoms with Gasteiger partial charge in [-0.25, -0.2) is 0 Å². The largest absolute Gasteiger partial charge is 0.492 e. The van der Waals surface area contributed by atoms with Gasteiger partial charge in [-0.15, -0.1) is 0 Å². The Hall–Kier alpha value is -2.15. The lowest BCUT2D eigenvalue weighted by Crippen LogP contribution is -2.30. The highest BCUT2D eigenvalue weighted by atomic mass is 16.6. The highest BCUT2D eigenvalue weighted by Crippen LogP contribution is 2.25. The van der Waals surface area contributed by atoms with Gasteiger partial charge in [-0.05, 0) is 37.9 Å². The molecule has 1 aromatic rings. The number of rotatable bonds is 5. The molecular formula is C13H17N3O4. The first kappa shape index (κ1) is 14.3. The fourth-order valence-electron chi connectivity index (χ4n) is 2.21. The van der Waals surface area contributed by atoms with Crippen LogP contribution in [0, 0.1) is 16.0 Å². The van der Waals surface area contributed by atoms with Gasteiger partial charge in [0.1, 0.15) is 5.75 Å². The van der Waals surface area contributed by atoms with E-state index in [2.05, 4.69) is 5.32 Å². The molecule has 1 saturated heterocycles. The topological polar surface area (TPSA) is 107 Å². The molecule has 108 valence electrons. The second-order valence-electron chi connectivity index (χ2n) is 4.81. The lowest BCUT2D eigenvalue weighted by atomic mass is 9.99. The molecule has 0 atom stereocenters. The molecule has 0 spiro atoms. The lowest BCUT2D eigenvalue weighted by Gasteiger charge is -2.23. The van der Waals surface area contributed by atoms with Crippen LogP contribution >= 0.6 is 0 Å². The molecule has 0 unspecified atom stereocenters. The number of nitro groups is 1. The number of hydrogen-bond donors (Lipinski definition) is 2. The van der Waals surface area contributed by atoms with Crippen molar-refractivity contribution in [1.29, 1.82) is 0 Å². The van der Waals surface area contributed by atoms with E-state index < -0.39 is 10.8 Å². The number of carbonyl (C=O) groups is 1.